The highest BCUT2D eigenvalue weighted by atomic mass is 32.2. The van der Waals surface area contributed by atoms with Crippen LogP contribution in [0.1, 0.15) is 55.2 Å². The number of aliphatic hydroxyl groups is 3. The highest BCUT2D eigenvalue weighted by molar-refractivity contribution is 7.84. The topological polar surface area (TPSA) is 186 Å². The molecule has 6 N–H and O–H groups in total. The Kier molecular flexibility index (Phi) is 7.92. The molecule has 12 nitrogen and oxygen atoms in total. The van der Waals surface area contributed by atoms with Crippen LogP contribution in [-0.4, -0.2) is 62.2 Å². The summed E-state index contributed by atoms with van der Waals surface area (Å²) in [7, 11) is -4.09. The summed E-state index contributed by atoms with van der Waals surface area (Å²) in [5, 5.41) is 44.3. The van der Waals surface area contributed by atoms with Gasteiger partial charge in [-0.05, 0) is 43.9 Å². The number of hydrogen-bond acceptors (Lipinski definition) is 10. The van der Waals surface area contributed by atoms with Gasteiger partial charge in [0.05, 0.1) is 30.6 Å². The first-order chi connectivity index (χ1) is 17.4. The van der Waals surface area contributed by atoms with Crippen LogP contribution in [0.3, 0.4) is 0 Å². The first kappa shape index (κ1) is 27.1. The largest absolute Gasteiger partial charge is 0.393 e. The molecule has 2 aromatic heterocycles. The van der Waals surface area contributed by atoms with Crippen LogP contribution in [0.15, 0.2) is 49.1 Å². The third-order valence-electron chi connectivity index (χ3n) is 6.40. The van der Waals surface area contributed by atoms with Crippen molar-refractivity contribution in [3.63, 3.8) is 0 Å². The molecule has 3 aromatic rings. The van der Waals surface area contributed by atoms with Gasteiger partial charge in [0.2, 0.25) is 0 Å². The van der Waals surface area contributed by atoms with Gasteiger partial charge < -0.3 is 20.6 Å². The molecule has 0 radical (unpaired) electrons. The maximum absolute atomic E-state index is 11.1. The molecule has 37 heavy (non-hydrogen) atoms. The van der Waals surface area contributed by atoms with Gasteiger partial charge in [0.25, 0.3) is 0 Å². The van der Waals surface area contributed by atoms with Crippen LogP contribution in [0, 0.1) is 5.92 Å². The number of nitrogens with zero attached hydrogens (tertiary/aromatic N) is 4. The van der Waals surface area contributed by atoms with Crippen LogP contribution in [-0.2, 0) is 26.6 Å². The molecule has 4 rings (SSSR count). The van der Waals surface area contributed by atoms with Gasteiger partial charge >= 0.3 is 10.3 Å². The van der Waals surface area contributed by atoms with E-state index in [4.69, 9.17) is 5.14 Å². The van der Waals surface area contributed by atoms with Crippen LogP contribution in [0.2, 0.25) is 0 Å². The van der Waals surface area contributed by atoms with E-state index in [2.05, 4.69) is 24.6 Å². The Morgan fingerprint density at radius 3 is 2.81 bits per heavy atom. The van der Waals surface area contributed by atoms with Crippen molar-refractivity contribution < 1.29 is 27.9 Å². The van der Waals surface area contributed by atoms with E-state index in [9.17, 15) is 23.7 Å². The van der Waals surface area contributed by atoms with Crippen molar-refractivity contribution in [3.8, 4) is 0 Å². The molecule has 200 valence electrons. The maximum Gasteiger partial charge on any atom is 0.333 e. The molecular weight excluding hydrogens is 500 g/mol. The summed E-state index contributed by atoms with van der Waals surface area (Å²) in [6.45, 7) is 3.70. The van der Waals surface area contributed by atoms with Crippen LogP contribution < -0.4 is 10.5 Å². The lowest BCUT2D eigenvalue weighted by Gasteiger charge is -2.18. The predicted octanol–water partition coefficient (Wildman–Crippen LogP) is 0.802. The van der Waals surface area contributed by atoms with Gasteiger partial charge in [-0.1, -0.05) is 24.3 Å². The first-order valence-electron chi connectivity index (χ1n) is 11.8. The summed E-state index contributed by atoms with van der Waals surface area (Å²) in [6, 6.07) is 9.09. The molecule has 1 aromatic carbocycles. The lowest BCUT2D eigenvalue weighted by atomic mass is 9.97. The molecule has 0 aliphatic heterocycles. The Morgan fingerprint density at radius 1 is 1.30 bits per heavy atom. The van der Waals surface area contributed by atoms with Gasteiger partial charge in [-0.3, -0.25) is 8.86 Å². The SMILES string of the molecule is CC(C)(O)c1cccc(Cn2ccc(C(O)c3cncnc3N[C@@H]3C[C@H](COS(N)(=O)=O)[C@@H](O)C3)n2)c1. The Morgan fingerprint density at radius 2 is 2.08 bits per heavy atom. The number of rotatable bonds is 10. The molecule has 1 fully saturated rings. The normalized spacial score (nSPS) is 21.2. The molecule has 0 spiro atoms. The quantitative estimate of drug-likeness (QED) is 0.250. The van der Waals surface area contributed by atoms with E-state index < -0.39 is 34.0 Å². The molecule has 1 aliphatic rings. The summed E-state index contributed by atoms with van der Waals surface area (Å²) in [5.41, 5.74) is 1.61. The first-order valence-corrected chi connectivity index (χ1v) is 13.3. The summed E-state index contributed by atoms with van der Waals surface area (Å²) in [5.74, 6) is -0.0308. The number of aromatic nitrogens is 4. The van der Waals surface area contributed by atoms with Gasteiger partial charge in [0.15, 0.2) is 0 Å². The number of nitrogens with one attached hydrogen (secondary N) is 1. The van der Waals surface area contributed by atoms with Crippen LogP contribution >= 0.6 is 0 Å². The number of anilines is 1. The predicted molar refractivity (Wildman–Crippen MR) is 134 cm³/mol. The molecule has 2 heterocycles. The zero-order chi connectivity index (χ0) is 26.8. The second-order valence-electron chi connectivity index (χ2n) is 9.84. The van der Waals surface area contributed by atoms with Gasteiger partial charge in [-0.2, -0.15) is 13.5 Å². The summed E-state index contributed by atoms with van der Waals surface area (Å²) >= 11 is 0. The van der Waals surface area contributed by atoms with Gasteiger partial charge in [-0.15, -0.1) is 0 Å². The minimum atomic E-state index is -4.09. The minimum absolute atomic E-state index is 0.215. The Bertz CT molecular complexity index is 1330. The highest BCUT2D eigenvalue weighted by Gasteiger charge is 2.35. The number of hydrogen-bond donors (Lipinski definition) is 5. The van der Waals surface area contributed by atoms with Crippen molar-refractivity contribution in [1.29, 1.82) is 0 Å². The number of benzene rings is 1. The Hall–Kier alpha value is -2.94. The lowest BCUT2D eigenvalue weighted by Crippen LogP contribution is -2.24. The lowest BCUT2D eigenvalue weighted by molar-refractivity contribution is 0.0785. The van der Waals surface area contributed by atoms with Crippen LogP contribution in [0.25, 0.3) is 0 Å². The third kappa shape index (κ3) is 7.09. The molecule has 1 aliphatic carbocycles. The standard InChI is InChI=1S/C24H32N6O6S/c1-24(2,33)17-5-3-4-15(8-17)12-30-7-6-20(29-30)22(32)19-11-26-14-27-23(19)28-18-9-16(21(31)10-18)13-36-37(25,34)35/h3-8,11,14,16,18,21-22,31-33H,9-10,12-13H2,1-2H3,(H2,25,34,35)(H,26,27,28)/t16-,18-,21+,22?/m1/s1. The highest BCUT2D eigenvalue weighted by Crippen LogP contribution is 2.32. The molecule has 1 unspecified atom stereocenters. The van der Waals surface area contributed by atoms with E-state index in [1.165, 1.54) is 12.5 Å². The van der Waals surface area contributed by atoms with Crippen LogP contribution in [0.5, 0.6) is 0 Å². The van der Waals surface area contributed by atoms with Crippen molar-refractivity contribution in [2.24, 2.45) is 11.1 Å². The van der Waals surface area contributed by atoms with E-state index in [-0.39, 0.29) is 12.6 Å². The minimum Gasteiger partial charge on any atom is -0.393 e. The van der Waals surface area contributed by atoms with E-state index in [1.807, 2.05) is 24.3 Å². The molecular formula is C24H32N6O6S. The smallest absolute Gasteiger partial charge is 0.333 e. The van der Waals surface area contributed by atoms with E-state index in [0.29, 0.717) is 36.5 Å². The van der Waals surface area contributed by atoms with Crippen molar-refractivity contribution in [2.45, 2.75) is 57.1 Å². The molecule has 0 amide bonds. The van der Waals surface area contributed by atoms with E-state index >= 15 is 0 Å². The van der Waals surface area contributed by atoms with Gasteiger partial charge in [0.1, 0.15) is 18.2 Å². The molecule has 4 atom stereocenters. The third-order valence-corrected chi connectivity index (χ3v) is 6.86. The fourth-order valence-electron chi connectivity index (χ4n) is 4.44. The zero-order valence-corrected chi connectivity index (χ0v) is 21.4. The fraction of sp³-hybridized carbons (Fsp3) is 0.458. The average molecular weight is 533 g/mol. The number of nitrogens with two attached hydrogens (primary N) is 1. The summed E-state index contributed by atoms with van der Waals surface area (Å²) in [4.78, 5) is 8.30. The van der Waals surface area contributed by atoms with Gasteiger partial charge in [-0.25, -0.2) is 15.1 Å². The summed E-state index contributed by atoms with van der Waals surface area (Å²) in [6.07, 6.45) is 3.49. The van der Waals surface area contributed by atoms with Crippen LogP contribution in [0.4, 0.5) is 5.82 Å². The van der Waals surface area contributed by atoms with E-state index in [0.717, 1.165) is 11.1 Å². The Balaban J connectivity index is 1.44. The molecule has 0 saturated heterocycles. The van der Waals surface area contributed by atoms with Gasteiger partial charge in [0, 0.05) is 29.9 Å². The number of aliphatic hydroxyl groups excluding tert-OH is 2. The van der Waals surface area contributed by atoms with E-state index in [1.54, 1.807) is 30.8 Å². The van der Waals surface area contributed by atoms with Crippen molar-refractivity contribution >= 4 is 16.1 Å². The Labute approximate surface area is 215 Å². The fourth-order valence-corrected chi connectivity index (χ4v) is 4.81. The van der Waals surface area contributed by atoms with Crippen molar-refractivity contribution in [2.75, 3.05) is 11.9 Å². The average Bonchev–Trinajstić information content (AvgIpc) is 3.43. The molecule has 0 bridgehead atoms. The second kappa shape index (κ2) is 10.8. The second-order valence-corrected chi connectivity index (χ2v) is 11.1. The summed E-state index contributed by atoms with van der Waals surface area (Å²) < 4.78 is 28.5. The van der Waals surface area contributed by atoms with Crippen molar-refractivity contribution in [3.05, 3.63) is 71.4 Å². The zero-order valence-electron chi connectivity index (χ0n) is 20.6. The molecule has 1 saturated carbocycles. The maximum atomic E-state index is 11.1. The molecule has 13 heteroatoms. The monoisotopic (exact) mass is 532 g/mol. The van der Waals surface area contributed by atoms with Crippen molar-refractivity contribution in [1.82, 2.24) is 19.7 Å².